The number of hydrogen-bond acceptors (Lipinski definition) is 3. The number of carbonyl (C=O) groups excluding carboxylic acids is 1. The molecule has 1 aromatic heterocycles. The van der Waals surface area contributed by atoms with Gasteiger partial charge in [0.15, 0.2) is 11.6 Å². The summed E-state index contributed by atoms with van der Waals surface area (Å²) in [6, 6.07) is 7.60. The maximum Gasteiger partial charge on any atom is 0.261 e. The standard InChI is InChI=1S/C16H16F2N2OS/c17-13-4-3-12(8-14(13)18)20-6-5-11(10-20)9-19-16(21)15-2-1-7-22-15/h1-4,7-8,11H,5-6,9-10H2,(H,19,21)/t11-/m0/s1. The van der Waals surface area contributed by atoms with Gasteiger partial charge in [0.1, 0.15) is 0 Å². The molecule has 3 nitrogen and oxygen atoms in total. The zero-order chi connectivity index (χ0) is 15.5. The Morgan fingerprint density at radius 2 is 2.18 bits per heavy atom. The van der Waals surface area contributed by atoms with Crippen LogP contribution in [0.3, 0.4) is 0 Å². The molecular formula is C16H16F2N2OS. The van der Waals surface area contributed by atoms with Gasteiger partial charge >= 0.3 is 0 Å². The zero-order valence-electron chi connectivity index (χ0n) is 11.9. The van der Waals surface area contributed by atoms with E-state index >= 15 is 0 Å². The van der Waals surface area contributed by atoms with Gasteiger partial charge in [0.05, 0.1) is 4.88 Å². The highest BCUT2D eigenvalue weighted by Crippen LogP contribution is 2.25. The third kappa shape index (κ3) is 3.27. The quantitative estimate of drug-likeness (QED) is 0.937. The van der Waals surface area contributed by atoms with E-state index in [4.69, 9.17) is 0 Å². The van der Waals surface area contributed by atoms with E-state index < -0.39 is 11.6 Å². The highest BCUT2D eigenvalue weighted by Gasteiger charge is 2.24. The van der Waals surface area contributed by atoms with E-state index in [0.29, 0.717) is 23.0 Å². The molecule has 1 aromatic carbocycles. The Kier molecular flexibility index (Phi) is 4.38. The average molecular weight is 322 g/mol. The summed E-state index contributed by atoms with van der Waals surface area (Å²) in [6.45, 7) is 2.11. The Morgan fingerprint density at radius 1 is 1.32 bits per heavy atom. The number of carbonyl (C=O) groups is 1. The van der Waals surface area contributed by atoms with Crippen molar-refractivity contribution in [3.8, 4) is 0 Å². The molecule has 1 saturated heterocycles. The predicted octanol–water partition coefficient (Wildman–Crippen LogP) is 3.28. The van der Waals surface area contributed by atoms with Gasteiger partial charge in [0, 0.05) is 31.4 Å². The summed E-state index contributed by atoms with van der Waals surface area (Å²) in [5.74, 6) is -1.40. The van der Waals surface area contributed by atoms with Crippen molar-refractivity contribution >= 4 is 22.9 Å². The first-order valence-electron chi connectivity index (χ1n) is 7.15. The summed E-state index contributed by atoms with van der Waals surface area (Å²) < 4.78 is 26.2. The van der Waals surface area contributed by atoms with Crippen molar-refractivity contribution in [2.75, 3.05) is 24.5 Å². The van der Waals surface area contributed by atoms with Gasteiger partial charge in [0.25, 0.3) is 5.91 Å². The van der Waals surface area contributed by atoms with Crippen molar-refractivity contribution < 1.29 is 13.6 Å². The monoisotopic (exact) mass is 322 g/mol. The van der Waals surface area contributed by atoms with Crippen LogP contribution in [0.25, 0.3) is 0 Å². The van der Waals surface area contributed by atoms with Crippen LogP contribution >= 0.6 is 11.3 Å². The van der Waals surface area contributed by atoms with Gasteiger partial charge in [-0.05, 0) is 35.9 Å². The second kappa shape index (κ2) is 6.44. The first-order chi connectivity index (χ1) is 10.6. The number of anilines is 1. The summed E-state index contributed by atoms with van der Waals surface area (Å²) >= 11 is 1.41. The summed E-state index contributed by atoms with van der Waals surface area (Å²) in [4.78, 5) is 14.6. The second-order valence-corrected chi connectivity index (χ2v) is 6.33. The van der Waals surface area contributed by atoms with Gasteiger partial charge in [-0.25, -0.2) is 8.78 Å². The van der Waals surface area contributed by atoms with Crippen LogP contribution in [0.2, 0.25) is 0 Å². The van der Waals surface area contributed by atoms with Crippen LogP contribution in [0.15, 0.2) is 35.7 Å². The van der Waals surface area contributed by atoms with Gasteiger partial charge in [-0.2, -0.15) is 0 Å². The fraction of sp³-hybridized carbons (Fsp3) is 0.312. The third-order valence-corrected chi connectivity index (χ3v) is 4.72. The van der Waals surface area contributed by atoms with Gasteiger partial charge in [-0.1, -0.05) is 6.07 Å². The number of halogens is 2. The van der Waals surface area contributed by atoms with Crippen LogP contribution in [-0.4, -0.2) is 25.5 Å². The minimum Gasteiger partial charge on any atom is -0.371 e. The molecule has 6 heteroatoms. The molecule has 2 aromatic rings. The largest absolute Gasteiger partial charge is 0.371 e. The molecule has 116 valence electrons. The lowest BCUT2D eigenvalue weighted by Gasteiger charge is -2.19. The molecule has 1 amide bonds. The van der Waals surface area contributed by atoms with E-state index in [1.807, 2.05) is 16.3 Å². The van der Waals surface area contributed by atoms with Crippen LogP contribution in [-0.2, 0) is 0 Å². The third-order valence-electron chi connectivity index (χ3n) is 3.85. The minimum atomic E-state index is -0.831. The number of hydrogen-bond donors (Lipinski definition) is 1. The normalized spacial score (nSPS) is 17.7. The first kappa shape index (κ1) is 15.0. The number of rotatable bonds is 4. The Morgan fingerprint density at radius 3 is 2.91 bits per heavy atom. The second-order valence-electron chi connectivity index (χ2n) is 5.39. The van der Waals surface area contributed by atoms with Gasteiger partial charge < -0.3 is 10.2 Å². The minimum absolute atomic E-state index is 0.0544. The van der Waals surface area contributed by atoms with E-state index in [1.165, 1.54) is 17.4 Å². The number of amides is 1. The van der Waals surface area contributed by atoms with Crippen LogP contribution in [0.1, 0.15) is 16.1 Å². The maximum absolute atomic E-state index is 13.3. The molecule has 1 fully saturated rings. The molecule has 0 radical (unpaired) electrons. The highest BCUT2D eigenvalue weighted by atomic mass is 32.1. The predicted molar refractivity (Wildman–Crippen MR) is 83.3 cm³/mol. The first-order valence-corrected chi connectivity index (χ1v) is 8.03. The van der Waals surface area contributed by atoms with Gasteiger partial charge in [-0.3, -0.25) is 4.79 Å². The Labute approximate surface area is 131 Å². The average Bonchev–Trinajstić information content (AvgIpc) is 3.19. The molecule has 1 N–H and O–H groups in total. The summed E-state index contributed by atoms with van der Waals surface area (Å²) in [6.07, 6.45) is 0.920. The molecule has 1 aliphatic rings. The number of nitrogens with zero attached hydrogens (tertiary/aromatic N) is 1. The molecule has 1 atom stereocenters. The van der Waals surface area contributed by atoms with E-state index in [1.54, 1.807) is 12.1 Å². The van der Waals surface area contributed by atoms with E-state index in [2.05, 4.69) is 5.32 Å². The van der Waals surface area contributed by atoms with Gasteiger partial charge in [0.2, 0.25) is 0 Å². The van der Waals surface area contributed by atoms with Crippen LogP contribution in [0.5, 0.6) is 0 Å². The van der Waals surface area contributed by atoms with Crippen molar-refractivity contribution in [3.63, 3.8) is 0 Å². The number of thiophene rings is 1. The highest BCUT2D eigenvalue weighted by molar-refractivity contribution is 7.12. The van der Waals surface area contributed by atoms with Gasteiger partial charge in [-0.15, -0.1) is 11.3 Å². The fourth-order valence-electron chi connectivity index (χ4n) is 2.65. The summed E-state index contributed by atoms with van der Waals surface area (Å²) in [5.41, 5.74) is 0.686. The SMILES string of the molecule is O=C(NC[C@@H]1CCN(c2ccc(F)c(F)c2)C1)c1cccs1. The molecule has 0 spiro atoms. The lowest BCUT2D eigenvalue weighted by atomic mass is 10.1. The molecule has 0 bridgehead atoms. The van der Waals surface area contributed by atoms with Crippen LogP contribution in [0, 0.1) is 17.6 Å². The van der Waals surface area contributed by atoms with E-state index in [9.17, 15) is 13.6 Å². The lowest BCUT2D eigenvalue weighted by molar-refractivity contribution is 0.0952. The zero-order valence-corrected chi connectivity index (χ0v) is 12.7. The lowest BCUT2D eigenvalue weighted by Crippen LogP contribution is -2.30. The number of nitrogens with one attached hydrogen (secondary N) is 1. The number of benzene rings is 1. The van der Waals surface area contributed by atoms with E-state index in [-0.39, 0.29) is 5.91 Å². The maximum atomic E-state index is 13.3. The van der Waals surface area contributed by atoms with Crippen LogP contribution < -0.4 is 10.2 Å². The van der Waals surface area contributed by atoms with Crippen molar-refractivity contribution in [1.29, 1.82) is 0 Å². The van der Waals surface area contributed by atoms with Crippen molar-refractivity contribution in [2.45, 2.75) is 6.42 Å². The molecular weight excluding hydrogens is 306 g/mol. The molecule has 22 heavy (non-hydrogen) atoms. The Hall–Kier alpha value is -1.95. The topological polar surface area (TPSA) is 32.3 Å². The van der Waals surface area contributed by atoms with Crippen molar-refractivity contribution in [2.24, 2.45) is 5.92 Å². The smallest absolute Gasteiger partial charge is 0.261 e. The Bertz CT molecular complexity index is 660. The van der Waals surface area contributed by atoms with Crippen LogP contribution in [0.4, 0.5) is 14.5 Å². The van der Waals surface area contributed by atoms with Crippen molar-refractivity contribution in [3.05, 3.63) is 52.2 Å². The van der Waals surface area contributed by atoms with E-state index in [0.717, 1.165) is 25.6 Å². The molecule has 0 aliphatic carbocycles. The fourth-order valence-corrected chi connectivity index (χ4v) is 3.29. The van der Waals surface area contributed by atoms with Crippen molar-refractivity contribution in [1.82, 2.24) is 5.32 Å². The summed E-state index contributed by atoms with van der Waals surface area (Å²) in [7, 11) is 0. The summed E-state index contributed by atoms with van der Waals surface area (Å²) in [5, 5.41) is 4.80. The molecule has 2 heterocycles. The molecule has 0 unspecified atom stereocenters. The Balaban J connectivity index is 1.54. The molecule has 1 aliphatic heterocycles. The molecule has 0 saturated carbocycles. The molecule has 3 rings (SSSR count).